The van der Waals surface area contributed by atoms with E-state index in [1.807, 2.05) is 0 Å². The van der Waals surface area contributed by atoms with Crippen molar-refractivity contribution in [3.05, 3.63) is 51.8 Å². The van der Waals surface area contributed by atoms with Crippen LogP contribution in [-0.2, 0) is 9.53 Å². The molecule has 1 aliphatic heterocycles. The van der Waals surface area contributed by atoms with E-state index in [-0.39, 0.29) is 5.69 Å². The van der Waals surface area contributed by atoms with E-state index in [1.165, 1.54) is 18.3 Å². The van der Waals surface area contributed by atoms with Crippen LogP contribution in [0.1, 0.15) is 32.8 Å². The Labute approximate surface area is 151 Å². The standard InChI is InChI=1S/C18H21N3O5/c1-18(2,3)26-17(22)11-20-13(10-19)8-12-6-7-25-16-5-4-14(21(23)24)9-15(12)16/h4-5,8-11H,6-7,19H2,1-3H3/b12-8+,13-10-,20-11-. The van der Waals surface area contributed by atoms with E-state index in [9.17, 15) is 14.9 Å². The molecule has 2 rings (SSSR count). The first-order valence-electron chi connectivity index (χ1n) is 8.01. The summed E-state index contributed by atoms with van der Waals surface area (Å²) in [5, 5.41) is 11.0. The van der Waals surface area contributed by atoms with Crippen LogP contribution in [-0.4, -0.2) is 29.3 Å². The number of hydrogen-bond donors (Lipinski definition) is 1. The van der Waals surface area contributed by atoms with Gasteiger partial charge in [-0.05, 0) is 38.5 Å². The number of nitrogens with zero attached hydrogens (tertiary/aromatic N) is 2. The summed E-state index contributed by atoms with van der Waals surface area (Å²) < 4.78 is 10.7. The average Bonchev–Trinajstić information content (AvgIpc) is 2.56. The largest absolute Gasteiger partial charge is 0.493 e. The number of nitro benzene ring substituents is 1. The number of nitro groups is 1. The van der Waals surface area contributed by atoms with Crippen molar-refractivity contribution in [3.63, 3.8) is 0 Å². The molecule has 1 aromatic carbocycles. The maximum absolute atomic E-state index is 11.7. The summed E-state index contributed by atoms with van der Waals surface area (Å²) >= 11 is 0. The highest BCUT2D eigenvalue weighted by molar-refractivity contribution is 6.23. The third-order valence-electron chi connectivity index (χ3n) is 3.37. The topological polar surface area (TPSA) is 117 Å². The van der Waals surface area contributed by atoms with E-state index < -0.39 is 16.5 Å². The van der Waals surface area contributed by atoms with Crippen LogP contribution >= 0.6 is 0 Å². The molecule has 0 saturated heterocycles. The molecule has 0 aromatic heterocycles. The monoisotopic (exact) mass is 359 g/mol. The molecular formula is C18H21N3O5. The van der Waals surface area contributed by atoms with Gasteiger partial charge in [-0.3, -0.25) is 10.1 Å². The molecule has 2 N–H and O–H groups in total. The Bertz CT molecular complexity index is 804. The zero-order chi connectivity index (χ0) is 19.3. The fourth-order valence-corrected chi connectivity index (χ4v) is 2.33. The molecule has 138 valence electrons. The van der Waals surface area contributed by atoms with Crippen LogP contribution in [0.5, 0.6) is 5.75 Å². The predicted octanol–water partition coefficient (Wildman–Crippen LogP) is 2.97. The van der Waals surface area contributed by atoms with E-state index in [1.54, 1.807) is 32.9 Å². The van der Waals surface area contributed by atoms with Crippen molar-refractivity contribution in [2.24, 2.45) is 10.7 Å². The van der Waals surface area contributed by atoms with Gasteiger partial charge in [0.05, 0.1) is 17.2 Å². The summed E-state index contributed by atoms with van der Waals surface area (Å²) in [5.41, 5.74) is 6.67. The Balaban J connectivity index is 2.27. The van der Waals surface area contributed by atoms with Crippen LogP contribution < -0.4 is 10.5 Å². The lowest BCUT2D eigenvalue weighted by Crippen LogP contribution is -2.24. The zero-order valence-electron chi connectivity index (χ0n) is 14.9. The molecule has 1 heterocycles. The summed E-state index contributed by atoms with van der Waals surface area (Å²) in [6, 6.07) is 4.41. The third-order valence-corrected chi connectivity index (χ3v) is 3.37. The molecule has 0 atom stereocenters. The van der Waals surface area contributed by atoms with Crippen molar-refractivity contribution >= 4 is 23.4 Å². The number of fused-ring (bicyclic) bond motifs is 1. The minimum Gasteiger partial charge on any atom is -0.493 e. The average molecular weight is 359 g/mol. The molecule has 0 aliphatic carbocycles. The summed E-state index contributed by atoms with van der Waals surface area (Å²) in [5.74, 6) is -0.0288. The lowest BCUT2D eigenvalue weighted by atomic mass is 9.98. The molecule has 1 aromatic rings. The van der Waals surface area contributed by atoms with E-state index in [4.69, 9.17) is 15.2 Å². The van der Waals surface area contributed by atoms with E-state index in [2.05, 4.69) is 4.99 Å². The summed E-state index contributed by atoms with van der Waals surface area (Å²) in [4.78, 5) is 26.3. The first kappa shape index (κ1) is 19.2. The molecule has 0 fully saturated rings. The Kier molecular flexibility index (Phi) is 5.76. The second-order valence-corrected chi connectivity index (χ2v) is 6.59. The van der Waals surface area contributed by atoms with Gasteiger partial charge in [-0.25, -0.2) is 9.79 Å². The zero-order valence-corrected chi connectivity index (χ0v) is 14.9. The summed E-state index contributed by atoms with van der Waals surface area (Å²) in [6.07, 6.45) is 4.51. The van der Waals surface area contributed by atoms with Gasteiger partial charge in [0.25, 0.3) is 5.69 Å². The number of carbonyl (C=O) groups is 1. The lowest BCUT2D eigenvalue weighted by molar-refractivity contribution is -0.384. The van der Waals surface area contributed by atoms with Gasteiger partial charge in [0.15, 0.2) is 0 Å². The number of hydrogen-bond acceptors (Lipinski definition) is 7. The van der Waals surface area contributed by atoms with Crippen LogP contribution in [0.4, 0.5) is 5.69 Å². The fourth-order valence-electron chi connectivity index (χ4n) is 2.33. The van der Waals surface area contributed by atoms with Crippen LogP contribution in [0.2, 0.25) is 0 Å². The predicted molar refractivity (Wildman–Crippen MR) is 97.8 cm³/mol. The van der Waals surface area contributed by atoms with E-state index in [0.717, 1.165) is 11.8 Å². The highest BCUT2D eigenvalue weighted by Gasteiger charge is 2.19. The number of carbonyl (C=O) groups excluding carboxylic acids is 1. The van der Waals surface area contributed by atoms with Crippen molar-refractivity contribution < 1.29 is 19.2 Å². The number of esters is 1. The molecule has 0 bridgehead atoms. The Morgan fingerprint density at radius 1 is 1.42 bits per heavy atom. The summed E-state index contributed by atoms with van der Waals surface area (Å²) in [7, 11) is 0. The molecule has 0 radical (unpaired) electrons. The minimum atomic E-state index is -0.618. The highest BCUT2D eigenvalue weighted by Crippen LogP contribution is 2.36. The summed E-state index contributed by atoms with van der Waals surface area (Å²) in [6.45, 7) is 5.70. The molecule has 0 spiro atoms. The van der Waals surface area contributed by atoms with Crippen molar-refractivity contribution in [3.8, 4) is 5.75 Å². The van der Waals surface area contributed by atoms with Crippen molar-refractivity contribution in [2.75, 3.05) is 6.61 Å². The first-order chi connectivity index (χ1) is 12.2. The second kappa shape index (κ2) is 7.81. The van der Waals surface area contributed by atoms with Crippen LogP contribution in [0.3, 0.4) is 0 Å². The van der Waals surface area contributed by atoms with Gasteiger partial charge >= 0.3 is 5.97 Å². The molecule has 26 heavy (non-hydrogen) atoms. The van der Waals surface area contributed by atoms with Gasteiger partial charge in [0.2, 0.25) is 0 Å². The number of nitrogens with two attached hydrogens (primary N) is 1. The fraction of sp³-hybridized carbons (Fsp3) is 0.333. The van der Waals surface area contributed by atoms with Crippen molar-refractivity contribution in [1.82, 2.24) is 0 Å². The van der Waals surface area contributed by atoms with Gasteiger partial charge in [-0.1, -0.05) is 0 Å². The molecule has 8 heteroatoms. The number of rotatable bonds is 4. The number of benzene rings is 1. The van der Waals surface area contributed by atoms with Crippen molar-refractivity contribution in [2.45, 2.75) is 32.8 Å². The third kappa shape index (κ3) is 5.17. The second-order valence-electron chi connectivity index (χ2n) is 6.59. The molecular weight excluding hydrogens is 338 g/mol. The molecule has 1 aliphatic rings. The smallest absolute Gasteiger partial charge is 0.349 e. The highest BCUT2D eigenvalue weighted by atomic mass is 16.6. The number of aliphatic imine (C=N–C) groups is 1. The van der Waals surface area contributed by atoms with Crippen LogP contribution in [0, 0.1) is 10.1 Å². The quantitative estimate of drug-likeness (QED) is 0.382. The molecule has 0 unspecified atom stereocenters. The SMILES string of the molecule is CC(C)(C)OC(=O)\C=N/C(=C\N)/C=C1\CCOc2ccc([N+](=O)[O-])cc21. The Morgan fingerprint density at radius 2 is 2.15 bits per heavy atom. The van der Waals surface area contributed by atoms with Gasteiger partial charge in [0.1, 0.15) is 17.6 Å². The number of non-ortho nitro benzene ring substituents is 1. The van der Waals surface area contributed by atoms with Crippen LogP contribution in [0.25, 0.3) is 5.57 Å². The van der Waals surface area contributed by atoms with Gasteiger partial charge in [0, 0.05) is 30.3 Å². The minimum absolute atomic E-state index is 0.0318. The normalized spacial score (nSPS) is 16.3. The Morgan fingerprint density at radius 3 is 2.77 bits per heavy atom. The first-order valence-corrected chi connectivity index (χ1v) is 8.01. The molecule has 0 amide bonds. The number of allylic oxidation sites excluding steroid dienone is 1. The van der Waals surface area contributed by atoms with E-state index >= 15 is 0 Å². The molecule has 0 saturated carbocycles. The van der Waals surface area contributed by atoms with Crippen molar-refractivity contribution in [1.29, 1.82) is 0 Å². The van der Waals surface area contributed by atoms with Gasteiger partial charge in [-0.2, -0.15) is 0 Å². The van der Waals surface area contributed by atoms with E-state index in [0.29, 0.717) is 30.0 Å². The Hall–Kier alpha value is -3.16. The van der Waals surface area contributed by atoms with Crippen LogP contribution in [0.15, 0.2) is 41.2 Å². The molecule has 8 nitrogen and oxygen atoms in total. The lowest BCUT2D eigenvalue weighted by Gasteiger charge is -2.20. The van der Waals surface area contributed by atoms with Gasteiger partial charge in [-0.15, -0.1) is 0 Å². The number of ether oxygens (including phenoxy) is 2. The maximum Gasteiger partial charge on any atom is 0.349 e. The maximum atomic E-state index is 11.7. The van der Waals surface area contributed by atoms with Gasteiger partial charge < -0.3 is 15.2 Å².